The van der Waals surface area contributed by atoms with Crippen molar-refractivity contribution in [3.63, 3.8) is 0 Å². The Hall–Kier alpha value is -1.51. The summed E-state index contributed by atoms with van der Waals surface area (Å²) in [5, 5.41) is 4.47. The average molecular weight is 287 g/mol. The van der Waals surface area contributed by atoms with Crippen molar-refractivity contribution >= 4 is 17.3 Å². The lowest BCUT2D eigenvalue weighted by molar-refractivity contribution is 0.570. The van der Waals surface area contributed by atoms with E-state index in [4.69, 9.17) is 11.6 Å². The molecule has 1 atom stereocenters. The van der Waals surface area contributed by atoms with Crippen LogP contribution in [0.15, 0.2) is 54.6 Å². The highest BCUT2D eigenvalue weighted by atomic mass is 35.5. The Bertz CT molecular complexity index is 556. The second-order valence-corrected chi connectivity index (χ2v) is 5.58. The molecule has 2 nitrogen and oxygen atoms in total. The van der Waals surface area contributed by atoms with Crippen molar-refractivity contribution < 1.29 is 0 Å². The molecule has 0 aliphatic carbocycles. The Morgan fingerprint density at radius 3 is 2.55 bits per heavy atom. The molecule has 2 aromatic rings. The van der Waals surface area contributed by atoms with Gasteiger partial charge in [0.05, 0.1) is 10.7 Å². The predicted molar refractivity (Wildman–Crippen MR) is 85.5 cm³/mol. The minimum Gasteiger partial charge on any atom is -0.368 e. The van der Waals surface area contributed by atoms with Gasteiger partial charge in [-0.1, -0.05) is 54.1 Å². The number of hydrogen-bond donors (Lipinski definition) is 1. The van der Waals surface area contributed by atoms with Crippen LogP contribution in [-0.2, 0) is 0 Å². The molecule has 0 radical (unpaired) electrons. The van der Waals surface area contributed by atoms with E-state index in [1.165, 1.54) is 5.56 Å². The van der Waals surface area contributed by atoms with Crippen molar-refractivity contribution in [1.82, 2.24) is 5.32 Å². The lowest BCUT2D eigenvalue weighted by Crippen LogP contribution is -2.31. The Balaban J connectivity index is 1.84. The highest BCUT2D eigenvalue weighted by molar-refractivity contribution is 6.33. The van der Waals surface area contributed by atoms with E-state index in [9.17, 15) is 0 Å². The second kappa shape index (κ2) is 6.29. The maximum Gasteiger partial charge on any atom is 0.0639 e. The summed E-state index contributed by atoms with van der Waals surface area (Å²) in [4.78, 5) is 2.39. The summed E-state index contributed by atoms with van der Waals surface area (Å²) >= 11 is 6.34. The molecule has 2 aromatic carbocycles. The van der Waals surface area contributed by atoms with Crippen LogP contribution in [0.25, 0.3) is 0 Å². The van der Waals surface area contributed by atoms with E-state index in [0.717, 1.165) is 36.8 Å². The Morgan fingerprint density at radius 1 is 1.00 bits per heavy atom. The predicted octanol–water partition coefficient (Wildman–Crippen LogP) is 3.88. The molecule has 0 saturated carbocycles. The van der Waals surface area contributed by atoms with Gasteiger partial charge in [0.1, 0.15) is 0 Å². The van der Waals surface area contributed by atoms with E-state index in [1.54, 1.807) is 0 Å². The number of nitrogens with one attached hydrogen (secondary N) is 1. The van der Waals surface area contributed by atoms with E-state index < -0.39 is 0 Å². The van der Waals surface area contributed by atoms with Crippen molar-refractivity contribution in [1.29, 1.82) is 0 Å². The lowest BCUT2D eigenvalue weighted by atomic mass is 10.1. The van der Waals surface area contributed by atoms with Crippen LogP contribution in [0, 0.1) is 0 Å². The smallest absolute Gasteiger partial charge is 0.0639 e. The highest BCUT2D eigenvalue weighted by Gasteiger charge is 2.20. The van der Waals surface area contributed by atoms with Crippen LogP contribution >= 0.6 is 11.6 Å². The summed E-state index contributed by atoms with van der Waals surface area (Å²) in [5.41, 5.74) is 2.48. The number of anilines is 1. The topological polar surface area (TPSA) is 15.3 Å². The van der Waals surface area contributed by atoms with Crippen LogP contribution < -0.4 is 10.2 Å². The van der Waals surface area contributed by atoms with Crippen molar-refractivity contribution in [3.8, 4) is 0 Å². The van der Waals surface area contributed by atoms with Gasteiger partial charge in [-0.2, -0.15) is 0 Å². The van der Waals surface area contributed by atoms with E-state index >= 15 is 0 Å². The van der Waals surface area contributed by atoms with E-state index in [2.05, 4.69) is 52.7 Å². The molecule has 1 aliphatic rings. The minimum absolute atomic E-state index is 0.356. The van der Waals surface area contributed by atoms with Gasteiger partial charge in [-0.25, -0.2) is 0 Å². The van der Waals surface area contributed by atoms with Gasteiger partial charge in [0.15, 0.2) is 0 Å². The molecule has 0 bridgehead atoms. The van der Waals surface area contributed by atoms with Gasteiger partial charge in [0.25, 0.3) is 0 Å². The fraction of sp³-hybridized carbons (Fsp3) is 0.294. The van der Waals surface area contributed by atoms with Gasteiger partial charge in [0.2, 0.25) is 0 Å². The molecule has 104 valence electrons. The molecular weight excluding hydrogens is 268 g/mol. The third-order valence-corrected chi connectivity index (χ3v) is 4.11. The van der Waals surface area contributed by atoms with Gasteiger partial charge in [-0.05, 0) is 30.7 Å². The standard InChI is InChI=1S/C17H19ClN2/c18-15-9-4-5-10-17(15)20-12-6-11-19-16(13-20)14-7-2-1-3-8-14/h1-5,7-10,16,19H,6,11-13H2. The summed E-state index contributed by atoms with van der Waals surface area (Å²) in [5.74, 6) is 0. The first-order valence-electron chi connectivity index (χ1n) is 7.12. The van der Waals surface area contributed by atoms with Crippen molar-refractivity contribution in [2.24, 2.45) is 0 Å². The zero-order valence-electron chi connectivity index (χ0n) is 11.4. The van der Waals surface area contributed by atoms with Crippen LogP contribution in [0.1, 0.15) is 18.0 Å². The van der Waals surface area contributed by atoms with Gasteiger partial charge in [-0.15, -0.1) is 0 Å². The molecule has 1 saturated heterocycles. The van der Waals surface area contributed by atoms with Crippen LogP contribution in [0.3, 0.4) is 0 Å². The Labute approximate surface area is 125 Å². The van der Waals surface area contributed by atoms with Crippen LogP contribution in [-0.4, -0.2) is 19.6 Å². The van der Waals surface area contributed by atoms with Crippen molar-refractivity contribution in [2.75, 3.05) is 24.5 Å². The first-order chi connectivity index (χ1) is 9.84. The molecule has 0 amide bonds. The van der Waals surface area contributed by atoms with Gasteiger partial charge in [-0.3, -0.25) is 0 Å². The fourth-order valence-electron chi connectivity index (χ4n) is 2.76. The maximum atomic E-state index is 6.34. The summed E-state index contributed by atoms with van der Waals surface area (Å²) < 4.78 is 0. The summed E-state index contributed by atoms with van der Waals surface area (Å²) in [6.07, 6.45) is 1.13. The Kier molecular flexibility index (Phi) is 4.24. The average Bonchev–Trinajstić information content (AvgIpc) is 2.75. The molecule has 0 aromatic heterocycles. The van der Waals surface area contributed by atoms with Crippen molar-refractivity contribution in [3.05, 3.63) is 65.2 Å². The van der Waals surface area contributed by atoms with Gasteiger partial charge in [0, 0.05) is 19.1 Å². The molecule has 1 unspecified atom stereocenters. The second-order valence-electron chi connectivity index (χ2n) is 5.17. The number of rotatable bonds is 2. The molecule has 3 rings (SSSR count). The molecule has 1 heterocycles. The Morgan fingerprint density at radius 2 is 1.75 bits per heavy atom. The van der Waals surface area contributed by atoms with Crippen LogP contribution in [0.2, 0.25) is 5.02 Å². The quantitative estimate of drug-likeness (QED) is 0.901. The maximum absolute atomic E-state index is 6.34. The van der Waals surface area contributed by atoms with Crippen LogP contribution in [0.5, 0.6) is 0 Å². The zero-order chi connectivity index (χ0) is 13.8. The zero-order valence-corrected chi connectivity index (χ0v) is 12.2. The van der Waals surface area contributed by atoms with Gasteiger partial charge < -0.3 is 10.2 Å². The first kappa shape index (κ1) is 13.5. The summed E-state index contributed by atoms with van der Waals surface area (Å²) in [6.45, 7) is 3.04. The number of benzene rings is 2. The van der Waals surface area contributed by atoms with Crippen molar-refractivity contribution in [2.45, 2.75) is 12.5 Å². The normalized spacial score (nSPS) is 19.6. The molecule has 1 aliphatic heterocycles. The van der Waals surface area contributed by atoms with E-state index in [0.29, 0.717) is 6.04 Å². The number of nitrogens with zero attached hydrogens (tertiary/aromatic N) is 1. The number of hydrogen-bond acceptors (Lipinski definition) is 2. The third kappa shape index (κ3) is 2.97. The third-order valence-electron chi connectivity index (χ3n) is 3.79. The monoisotopic (exact) mass is 286 g/mol. The summed E-state index contributed by atoms with van der Waals surface area (Å²) in [6, 6.07) is 19.1. The minimum atomic E-state index is 0.356. The first-order valence-corrected chi connectivity index (χ1v) is 7.50. The largest absolute Gasteiger partial charge is 0.368 e. The molecule has 1 fully saturated rings. The summed E-state index contributed by atoms with van der Waals surface area (Å²) in [7, 11) is 0. The van der Waals surface area contributed by atoms with E-state index in [-0.39, 0.29) is 0 Å². The molecule has 1 N–H and O–H groups in total. The highest BCUT2D eigenvalue weighted by Crippen LogP contribution is 2.28. The molecule has 3 heteroatoms. The number of para-hydroxylation sites is 1. The fourth-order valence-corrected chi connectivity index (χ4v) is 3.01. The molecule has 0 spiro atoms. The number of halogens is 1. The van der Waals surface area contributed by atoms with E-state index in [1.807, 2.05) is 12.1 Å². The lowest BCUT2D eigenvalue weighted by Gasteiger charge is -2.27. The molecule has 20 heavy (non-hydrogen) atoms. The van der Waals surface area contributed by atoms with Gasteiger partial charge >= 0.3 is 0 Å². The van der Waals surface area contributed by atoms with Crippen LogP contribution in [0.4, 0.5) is 5.69 Å². The molecular formula is C17H19ClN2. The SMILES string of the molecule is Clc1ccccc1N1CCCNC(c2ccccc2)C1.